The highest BCUT2D eigenvalue weighted by molar-refractivity contribution is 6.29. The van der Waals surface area contributed by atoms with E-state index in [0.29, 0.717) is 5.15 Å². The molecule has 8 heteroatoms. The lowest BCUT2D eigenvalue weighted by Crippen LogP contribution is -2.42. The zero-order chi connectivity index (χ0) is 22.6. The van der Waals surface area contributed by atoms with Crippen molar-refractivity contribution in [3.8, 4) is 11.3 Å². The Morgan fingerprint density at radius 3 is 2.70 bits per heavy atom. The predicted octanol–water partition coefficient (Wildman–Crippen LogP) is 3.77. The van der Waals surface area contributed by atoms with Gasteiger partial charge in [-0.25, -0.2) is 9.97 Å². The van der Waals surface area contributed by atoms with Crippen LogP contribution in [0.3, 0.4) is 0 Å². The van der Waals surface area contributed by atoms with E-state index in [-0.39, 0.29) is 11.8 Å². The number of likely N-dealkylation sites (tertiary alicyclic amines) is 1. The summed E-state index contributed by atoms with van der Waals surface area (Å²) >= 11 is 6.12. The van der Waals surface area contributed by atoms with E-state index in [9.17, 15) is 4.79 Å². The molecule has 0 aromatic carbocycles. The molecule has 0 unspecified atom stereocenters. The number of hydrogen-bond donors (Lipinski definition) is 1. The van der Waals surface area contributed by atoms with Gasteiger partial charge in [-0.2, -0.15) is 0 Å². The topological polar surface area (TPSA) is 74.2 Å². The molecule has 0 radical (unpaired) electrons. The van der Waals surface area contributed by atoms with Gasteiger partial charge in [-0.1, -0.05) is 11.6 Å². The van der Waals surface area contributed by atoms with E-state index >= 15 is 0 Å². The van der Waals surface area contributed by atoms with Gasteiger partial charge in [0, 0.05) is 67.0 Å². The molecular weight excluding hydrogens is 436 g/mol. The van der Waals surface area contributed by atoms with Crippen molar-refractivity contribution in [3.63, 3.8) is 0 Å². The molecule has 3 aromatic rings. The van der Waals surface area contributed by atoms with Crippen molar-refractivity contribution in [2.75, 3.05) is 44.2 Å². The van der Waals surface area contributed by atoms with Crippen LogP contribution in [0.15, 0.2) is 42.9 Å². The summed E-state index contributed by atoms with van der Waals surface area (Å²) < 4.78 is 0. The number of fused-ring (bicyclic) bond motifs is 1. The highest BCUT2D eigenvalue weighted by Crippen LogP contribution is 2.32. The summed E-state index contributed by atoms with van der Waals surface area (Å²) in [5, 5.41) is 5.71. The third-order valence-corrected chi connectivity index (χ3v) is 6.93. The van der Waals surface area contributed by atoms with Gasteiger partial charge in [0.2, 0.25) is 5.91 Å². The van der Waals surface area contributed by atoms with Gasteiger partial charge in [0.25, 0.3) is 0 Å². The molecule has 0 atom stereocenters. The van der Waals surface area contributed by atoms with Crippen molar-refractivity contribution in [1.82, 2.24) is 25.2 Å². The molecular formula is C25H29ClN6O. The minimum Gasteiger partial charge on any atom is -0.356 e. The summed E-state index contributed by atoms with van der Waals surface area (Å²) in [6.45, 7) is 5.63. The van der Waals surface area contributed by atoms with Crippen LogP contribution in [0.2, 0.25) is 5.15 Å². The zero-order valence-electron chi connectivity index (χ0n) is 18.7. The Morgan fingerprint density at radius 2 is 1.91 bits per heavy atom. The first-order valence-corrected chi connectivity index (χ1v) is 12.2. The molecule has 5 heterocycles. The van der Waals surface area contributed by atoms with Gasteiger partial charge >= 0.3 is 0 Å². The summed E-state index contributed by atoms with van der Waals surface area (Å²) in [6.07, 6.45) is 9.58. The average Bonchev–Trinajstić information content (AvgIpc) is 3.37. The number of anilines is 1. The predicted molar refractivity (Wildman–Crippen MR) is 131 cm³/mol. The third kappa shape index (κ3) is 5.09. The molecule has 1 amide bonds. The molecule has 33 heavy (non-hydrogen) atoms. The first-order valence-electron chi connectivity index (χ1n) is 11.8. The monoisotopic (exact) mass is 464 g/mol. The van der Waals surface area contributed by atoms with Crippen molar-refractivity contribution < 1.29 is 4.79 Å². The van der Waals surface area contributed by atoms with Crippen LogP contribution in [0.1, 0.15) is 25.7 Å². The Labute approximate surface area is 199 Å². The molecule has 1 N–H and O–H groups in total. The van der Waals surface area contributed by atoms with E-state index in [0.717, 1.165) is 80.0 Å². The van der Waals surface area contributed by atoms with Crippen LogP contribution in [-0.2, 0) is 4.79 Å². The normalized spacial score (nSPS) is 17.5. The van der Waals surface area contributed by atoms with Crippen molar-refractivity contribution in [2.24, 2.45) is 5.92 Å². The molecule has 2 aliphatic rings. The van der Waals surface area contributed by atoms with Crippen LogP contribution in [0.4, 0.5) is 5.82 Å². The highest BCUT2D eigenvalue weighted by Gasteiger charge is 2.27. The molecule has 2 saturated heterocycles. The van der Waals surface area contributed by atoms with Crippen LogP contribution in [0.5, 0.6) is 0 Å². The molecule has 172 valence electrons. The van der Waals surface area contributed by atoms with E-state index in [4.69, 9.17) is 16.6 Å². The lowest BCUT2D eigenvalue weighted by molar-refractivity contribution is -0.125. The molecule has 0 spiro atoms. The van der Waals surface area contributed by atoms with Gasteiger partial charge in [-0.05, 0) is 63.0 Å². The number of nitrogens with zero attached hydrogens (tertiary/aromatic N) is 5. The number of piperidine rings is 1. The van der Waals surface area contributed by atoms with Gasteiger partial charge in [0.05, 0.1) is 5.69 Å². The number of carbonyl (C=O) groups is 1. The Bertz CT molecular complexity index is 1120. The first-order chi connectivity index (χ1) is 16.2. The lowest BCUT2D eigenvalue weighted by atomic mass is 9.95. The minimum atomic E-state index is 0.0648. The number of rotatable bonds is 6. The number of pyridine rings is 3. The maximum Gasteiger partial charge on any atom is 0.223 e. The molecule has 0 saturated carbocycles. The fourth-order valence-electron chi connectivity index (χ4n) is 4.87. The first kappa shape index (κ1) is 22.0. The lowest BCUT2D eigenvalue weighted by Gasteiger charge is -2.33. The van der Waals surface area contributed by atoms with Crippen molar-refractivity contribution in [3.05, 3.63) is 48.0 Å². The minimum absolute atomic E-state index is 0.0648. The maximum absolute atomic E-state index is 12.7. The fraction of sp³-hybridized carbons (Fsp3) is 0.440. The molecule has 2 aliphatic heterocycles. The molecule has 0 bridgehead atoms. The van der Waals surface area contributed by atoms with E-state index < -0.39 is 0 Å². The Hall–Kier alpha value is -2.77. The number of halogens is 1. The fourth-order valence-corrected chi connectivity index (χ4v) is 5.05. The van der Waals surface area contributed by atoms with Crippen LogP contribution in [0, 0.1) is 5.92 Å². The zero-order valence-corrected chi connectivity index (χ0v) is 19.5. The molecule has 2 fully saturated rings. The Balaban J connectivity index is 1.28. The van der Waals surface area contributed by atoms with Gasteiger partial charge in [0.15, 0.2) is 0 Å². The van der Waals surface area contributed by atoms with Crippen molar-refractivity contribution in [2.45, 2.75) is 25.7 Å². The van der Waals surface area contributed by atoms with Gasteiger partial charge in [0.1, 0.15) is 11.0 Å². The molecule has 5 rings (SSSR count). The summed E-state index contributed by atoms with van der Waals surface area (Å²) in [6, 6.07) is 7.80. The summed E-state index contributed by atoms with van der Waals surface area (Å²) in [4.78, 5) is 30.8. The third-order valence-electron chi connectivity index (χ3n) is 6.72. The van der Waals surface area contributed by atoms with Gasteiger partial charge < -0.3 is 15.1 Å². The Morgan fingerprint density at radius 1 is 1.09 bits per heavy atom. The second kappa shape index (κ2) is 10.0. The van der Waals surface area contributed by atoms with Crippen molar-refractivity contribution >= 4 is 34.1 Å². The second-order valence-electron chi connectivity index (χ2n) is 8.90. The van der Waals surface area contributed by atoms with E-state index in [2.05, 4.69) is 25.1 Å². The number of hydrogen-bond acceptors (Lipinski definition) is 6. The van der Waals surface area contributed by atoms with Gasteiger partial charge in [-0.3, -0.25) is 9.78 Å². The van der Waals surface area contributed by atoms with Crippen LogP contribution in [0.25, 0.3) is 22.0 Å². The van der Waals surface area contributed by atoms with E-state index in [1.165, 1.54) is 12.8 Å². The maximum atomic E-state index is 12.7. The number of carbonyl (C=O) groups excluding carboxylic acids is 1. The number of amides is 1. The van der Waals surface area contributed by atoms with Crippen LogP contribution in [-0.4, -0.2) is 65.0 Å². The average molecular weight is 465 g/mol. The van der Waals surface area contributed by atoms with E-state index in [1.807, 2.05) is 30.5 Å². The SMILES string of the molecule is O=C(NCCN1CCCC1)C1CCN(c2nc(-c3ccnc(Cl)c3)cc3cnccc23)CC1. The summed E-state index contributed by atoms with van der Waals surface area (Å²) in [7, 11) is 0. The van der Waals surface area contributed by atoms with E-state index in [1.54, 1.807) is 12.4 Å². The standard InChI is InChI=1S/C25H29ClN6O/c26-23-16-19(3-8-28-23)22-15-20-17-27-7-4-21(20)24(30-22)32-12-5-18(6-13-32)25(33)29-9-14-31-10-1-2-11-31/h3-4,7-8,15-18H,1-2,5-6,9-14H2,(H,29,33). The molecule has 3 aromatic heterocycles. The van der Waals surface area contributed by atoms with Crippen molar-refractivity contribution in [1.29, 1.82) is 0 Å². The second-order valence-corrected chi connectivity index (χ2v) is 9.28. The summed E-state index contributed by atoms with van der Waals surface area (Å²) in [5.74, 6) is 1.19. The quantitative estimate of drug-likeness (QED) is 0.560. The van der Waals surface area contributed by atoms with Crippen LogP contribution < -0.4 is 10.2 Å². The number of aromatic nitrogens is 3. The highest BCUT2D eigenvalue weighted by atomic mass is 35.5. The number of nitrogens with one attached hydrogen (secondary N) is 1. The summed E-state index contributed by atoms with van der Waals surface area (Å²) in [5.41, 5.74) is 1.77. The van der Waals surface area contributed by atoms with Crippen LogP contribution >= 0.6 is 11.6 Å². The molecule has 0 aliphatic carbocycles. The smallest absolute Gasteiger partial charge is 0.223 e. The van der Waals surface area contributed by atoms with Gasteiger partial charge in [-0.15, -0.1) is 0 Å². The molecule has 7 nitrogen and oxygen atoms in total. The Kier molecular flexibility index (Phi) is 6.69. The largest absolute Gasteiger partial charge is 0.356 e.